The Morgan fingerprint density at radius 2 is 1.94 bits per heavy atom. The van der Waals surface area contributed by atoms with Crippen LogP contribution >= 0.6 is 0 Å². The van der Waals surface area contributed by atoms with Crippen LogP contribution in [-0.2, 0) is 0 Å². The van der Waals surface area contributed by atoms with E-state index in [1.807, 2.05) is 26.8 Å². The Hall–Kier alpha value is -0.380. The van der Waals surface area contributed by atoms with Crippen LogP contribution in [0.3, 0.4) is 0 Å². The van der Waals surface area contributed by atoms with Gasteiger partial charge in [-0.15, -0.1) is 0 Å². The predicted octanol–water partition coefficient (Wildman–Crippen LogP) is 1.86. The van der Waals surface area contributed by atoms with Crippen LogP contribution in [0.1, 0.15) is 47.0 Å². The van der Waals surface area contributed by atoms with Crippen molar-refractivity contribution in [3.63, 3.8) is 0 Å². The van der Waals surface area contributed by atoms with E-state index in [9.17, 15) is 15.3 Å². The maximum Gasteiger partial charge on any atom is 0.0817 e. The van der Waals surface area contributed by atoms with Gasteiger partial charge in [0.05, 0.1) is 18.3 Å². The summed E-state index contributed by atoms with van der Waals surface area (Å²) in [5.41, 5.74) is -0.699. The average molecular weight is 254 g/mol. The Bertz CT molecular complexity index is 374. The van der Waals surface area contributed by atoms with E-state index in [0.29, 0.717) is 12.8 Å². The second-order valence-electron chi connectivity index (χ2n) is 6.94. The Morgan fingerprint density at radius 1 is 1.33 bits per heavy atom. The van der Waals surface area contributed by atoms with E-state index in [2.05, 4.69) is 6.92 Å². The molecule has 0 bridgehead atoms. The van der Waals surface area contributed by atoms with Crippen LogP contribution in [0.2, 0.25) is 0 Å². The maximum absolute atomic E-state index is 11.3. The summed E-state index contributed by atoms with van der Waals surface area (Å²) in [7, 11) is 0. The molecular weight excluding hydrogens is 228 g/mol. The summed E-state index contributed by atoms with van der Waals surface area (Å²) in [6, 6.07) is 0. The lowest BCUT2D eigenvalue weighted by Gasteiger charge is -2.63. The highest BCUT2D eigenvalue weighted by Crippen LogP contribution is 2.61. The summed E-state index contributed by atoms with van der Waals surface area (Å²) >= 11 is 0. The van der Waals surface area contributed by atoms with Crippen molar-refractivity contribution in [2.45, 2.75) is 58.7 Å². The molecule has 4 unspecified atom stereocenters. The minimum absolute atomic E-state index is 0.0111. The van der Waals surface area contributed by atoms with E-state index >= 15 is 0 Å². The maximum atomic E-state index is 11.3. The van der Waals surface area contributed by atoms with Gasteiger partial charge in [-0.1, -0.05) is 32.4 Å². The van der Waals surface area contributed by atoms with E-state index in [1.54, 1.807) is 0 Å². The Kier molecular flexibility index (Phi) is 3.16. The van der Waals surface area contributed by atoms with Gasteiger partial charge >= 0.3 is 0 Å². The lowest BCUT2D eigenvalue weighted by atomic mass is 9.45. The van der Waals surface area contributed by atoms with Gasteiger partial charge in [-0.2, -0.15) is 0 Å². The third kappa shape index (κ3) is 1.47. The van der Waals surface area contributed by atoms with Crippen LogP contribution < -0.4 is 0 Å². The number of fused-ring (bicyclic) bond motifs is 1. The van der Waals surface area contributed by atoms with Crippen LogP contribution in [0.4, 0.5) is 0 Å². The van der Waals surface area contributed by atoms with Gasteiger partial charge in [0.2, 0.25) is 0 Å². The first-order chi connectivity index (χ1) is 8.20. The summed E-state index contributed by atoms with van der Waals surface area (Å²) in [4.78, 5) is 0. The molecule has 104 valence electrons. The molecule has 0 spiro atoms. The van der Waals surface area contributed by atoms with Gasteiger partial charge in [-0.05, 0) is 26.2 Å². The average Bonchev–Trinajstić information content (AvgIpc) is 2.30. The number of hydrogen-bond donors (Lipinski definition) is 3. The molecule has 2 rings (SSSR count). The van der Waals surface area contributed by atoms with E-state index in [4.69, 9.17) is 0 Å². The highest BCUT2D eigenvalue weighted by Gasteiger charge is 2.64. The van der Waals surface area contributed by atoms with E-state index in [-0.39, 0.29) is 17.9 Å². The van der Waals surface area contributed by atoms with Gasteiger partial charge in [0, 0.05) is 16.7 Å². The third-order valence-electron chi connectivity index (χ3n) is 6.00. The Morgan fingerprint density at radius 3 is 2.50 bits per heavy atom. The van der Waals surface area contributed by atoms with Gasteiger partial charge in [0.1, 0.15) is 0 Å². The molecule has 2 aliphatic carbocycles. The van der Waals surface area contributed by atoms with Crippen LogP contribution in [0.15, 0.2) is 11.6 Å². The van der Waals surface area contributed by atoms with Crippen molar-refractivity contribution in [1.29, 1.82) is 0 Å². The molecule has 0 aromatic heterocycles. The largest absolute Gasteiger partial charge is 0.396 e. The molecule has 0 radical (unpaired) electrons. The van der Waals surface area contributed by atoms with Crippen LogP contribution in [0, 0.1) is 16.7 Å². The van der Waals surface area contributed by atoms with Crippen LogP contribution in [0.25, 0.3) is 0 Å². The molecule has 0 aromatic rings. The van der Waals surface area contributed by atoms with Crippen LogP contribution in [0.5, 0.6) is 0 Å². The quantitative estimate of drug-likeness (QED) is 0.626. The Labute approximate surface area is 110 Å². The zero-order chi connectivity index (χ0) is 13.8. The highest BCUT2D eigenvalue weighted by molar-refractivity contribution is 5.25. The molecule has 18 heavy (non-hydrogen) atoms. The van der Waals surface area contributed by atoms with Gasteiger partial charge in [0.25, 0.3) is 0 Å². The normalized spacial score (nSPS) is 47.4. The first-order valence-corrected chi connectivity index (χ1v) is 6.88. The number of rotatable bonds is 1. The highest BCUT2D eigenvalue weighted by atomic mass is 16.3. The summed E-state index contributed by atoms with van der Waals surface area (Å²) < 4.78 is 0. The fourth-order valence-electron chi connectivity index (χ4n) is 4.27. The zero-order valence-corrected chi connectivity index (χ0v) is 11.9. The molecule has 1 saturated carbocycles. The zero-order valence-electron chi connectivity index (χ0n) is 11.9. The summed E-state index contributed by atoms with van der Waals surface area (Å²) in [6.45, 7) is 8.05. The first kappa shape index (κ1) is 14.0. The second-order valence-corrected chi connectivity index (χ2v) is 6.94. The molecule has 0 aliphatic heterocycles. The van der Waals surface area contributed by atoms with Crippen molar-refractivity contribution in [2.24, 2.45) is 16.7 Å². The van der Waals surface area contributed by atoms with E-state index < -0.39 is 17.1 Å². The van der Waals surface area contributed by atoms with Crippen molar-refractivity contribution in [3.8, 4) is 0 Å². The predicted molar refractivity (Wildman–Crippen MR) is 71.0 cm³/mol. The summed E-state index contributed by atoms with van der Waals surface area (Å²) in [5, 5.41) is 31.2. The lowest BCUT2D eigenvalue weighted by Crippen LogP contribution is -2.67. The van der Waals surface area contributed by atoms with Gasteiger partial charge in [-0.3, -0.25) is 0 Å². The van der Waals surface area contributed by atoms with Gasteiger partial charge in [0.15, 0.2) is 0 Å². The fraction of sp³-hybridized carbons (Fsp3) is 0.867. The number of hydrogen-bond acceptors (Lipinski definition) is 3. The van der Waals surface area contributed by atoms with Crippen molar-refractivity contribution in [2.75, 3.05) is 6.61 Å². The van der Waals surface area contributed by atoms with Crippen LogP contribution in [-0.4, -0.2) is 33.6 Å². The smallest absolute Gasteiger partial charge is 0.0817 e. The number of aliphatic hydroxyl groups is 3. The molecule has 4 atom stereocenters. The fourth-order valence-corrected chi connectivity index (χ4v) is 4.27. The molecule has 3 N–H and O–H groups in total. The van der Waals surface area contributed by atoms with Crippen molar-refractivity contribution in [3.05, 3.63) is 11.6 Å². The molecular formula is C15H26O3. The SMILES string of the molecule is CC1=CCC2(O)C(C)(C)C(O)CCC2(C)C1CO. The molecule has 1 fully saturated rings. The van der Waals surface area contributed by atoms with Gasteiger partial charge < -0.3 is 15.3 Å². The lowest BCUT2D eigenvalue weighted by molar-refractivity contribution is -0.241. The van der Waals surface area contributed by atoms with Crippen molar-refractivity contribution in [1.82, 2.24) is 0 Å². The summed E-state index contributed by atoms with van der Waals surface area (Å²) in [6.07, 6.45) is 3.56. The molecule has 0 saturated heterocycles. The third-order valence-corrected chi connectivity index (χ3v) is 6.00. The molecule has 2 aliphatic rings. The van der Waals surface area contributed by atoms with E-state index in [0.717, 1.165) is 12.0 Å². The number of aliphatic hydroxyl groups excluding tert-OH is 2. The second kappa shape index (κ2) is 4.06. The summed E-state index contributed by atoms with van der Waals surface area (Å²) in [5.74, 6) is -0.0111. The Balaban J connectivity index is 2.54. The molecule has 0 heterocycles. The standard InChI is InChI=1S/C15H26O3/c1-10-5-8-15(18)13(2,3)12(17)6-7-14(15,4)11(10)9-16/h5,11-12,16-18H,6-9H2,1-4H3. The van der Waals surface area contributed by atoms with Crippen molar-refractivity contribution >= 4 is 0 Å². The monoisotopic (exact) mass is 254 g/mol. The van der Waals surface area contributed by atoms with E-state index in [1.165, 1.54) is 0 Å². The molecule has 3 heteroatoms. The van der Waals surface area contributed by atoms with Gasteiger partial charge in [-0.25, -0.2) is 0 Å². The molecule has 0 amide bonds. The molecule has 0 aromatic carbocycles. The molecule has 3 nitrogen and oxygen atoms in total. The minimum atomic E-state index is -0.954. The van der Waals surface area contributed by atoms with Crippen molar-refractivity contribution < 1.29 is 15.3 Å². The first-order valence-electron chi connectivity index (χ1n) is 6.88. The minimum Gasteiger partial charge on any atom is -0.396 e. The topological polar surface area (TPSA) is 60.7 Å².